The molecular formula is C12H15F3N2O2. The zero-order valence-electron chi connectivity index (χ0n) is 10.2. The van der Waals surface area contributed by atoms with Gasteiger partial charge in [-0.1, -0.05) is 12.1 Å². The van der Waals surface area contributed by atoms with Crippen LogP contribution in [0.2, 0.25) is 0 Å². The number of anilines is 1. The summed E-state index contributed by atoms with van der Waals surface area (Å²) < 4.78 is 40.3. The van der Waals surface area contributed by atoms with Crippen LogP contribution in [0.25, 0.3) is 0 Å². The average molecular weight is 276 g/mol. The van der Waals surface area contributed by atoms with Gasteiger partial charge in [-0.05, 0) is 31.5 Å². The second-order valence-corrected chi connectivity index (χ2v) is 3.84. The summed E-state index contributed by atoms with van der Waals surface area (Å²) in [7, 11) is 0. The summed E-state index contributed by atoms with van der Waals surface area (Å²) in [4.78, 5) is 11.5. The van der Waals surface area contributed by atoms with Crippen molar-refractivity contribution >= 4 is 11.6 Å². The number of rotatable bonds is 6. The van der Waals surface area contributed by atoms with Gasteiger partial charge in [0.2, 0.25) is 5.91 Å². The monoisotopic (exact) mass is 276 g/mol. The van der Waals surface area contributed by atoms with Gasteiger partial charge in [0, 0.05) is 6.42 Å². The van der Waals surface area contributed by atoms with Gasteiger partial charge in [-0.3, -0.25) is 4.79 Å². The SMILES string of the molecule is NCCCCC(=O)Nc1ccccc1OC(F)(F)F. The minimum Gasteiger partial charge on any atom is -0.404 e. The van der Waals surface area contributed by atoms with Crippen LogP contribution < -0.4 is 15.8 Å². The highest BCUT2D eigenvalue weighted by Gasteiger charge is 2.32. The van der Waals surface area contributed by atoms with Crippen LogP contribution in [0.15, 0.2) is 24.3 Å². The second kappa shape index (κ2) is 6.98. The summed E-state index contributed by atoms with van der Waals surface area (Å²) >= 11 is 0. The highest BCUT2D eigenvalue weighted by Crippen LogP contribution is 2.29. The molecule has 0 saturated carbocycles. The summed E-state index contributed by atoms with van der Waals surface area (Å²) in [6, 6.07) is 5.40. The number of hydrogen-bond acceptors (Lipinski definition) is 3. The molecule has 0 atom stereocenters. The van der Waals surface area contributed by atoms with Gasteiger partial charge in [0.25, 0.3) is 0 Å². The molecule has 1 aromatic rings. The number of hydrogen-bond donors (Lipinski definition) is 2. The van der Waals surface area contributed by atoms with Crippen molar-refractivity contribution in [2.75, 3.05) is 11.9 Å². The van der Waals surface area contributed by atoms with Crippen molar-refractivity contribution in [2.45, 2.75) is 25.6 Å². The molecule has 0 heterocycles. The average Bonchev–Trinajstić information content (AvgIpc) is 2.30. The van der Waals surface area contributed by atoms with Crippen LogP contribution in [0.4, 0.5) is 18.9 Å². The van der Waals surface area contributed by atoms with E-state index in [9.17, 15) is 18.0 Å². The first-order valence-corrected chi connectivity index (χ1v) is 5.77. The lowest BCUT2D eigenvalue weighted by molar-refractivity contribution is -0.274. The van der Waals surface area contributed by atoms with E-state index in [0.29, 0.717) is 19.4 Å². The van der Waals surface area contributed by atoms with E-state index in [1.54, 1.807) is 0 Å². The van der Waals surface area contributed by atoms with E-state index >= 15 is 0 Å². The molecule has 0 bridgehead atoms. The third-order valence-corrected chi connectivity index (χ3v) is 2.24. The maximum absolute atomic E-state index is 12.2. The molecule has 4 nitrogen and oxygen atoms in total. The van der Waals surface area contributed by atoms with Gasteiger partial charge in [-0.15, -0.1) is 13.2 Å². The van der Waals surface area contributed by atoms with E-state index < -0.39 is 12.1 Å². The van der Waals surface area contributed by atoms with Gasteiger partial charge < -0.3 is 15.8 Å². The highest BCUT2D eigenvalue weighted by molar-refractivity contribution is 5.92. The Hall–Kier alpha value is -1.76. The Morgan fingerprint density at radius 3 is 2.58 bits per heavy atom. The zero-order chi connectivity index (χ0) is 14.3. The number of amides is 1. The Bertz CT molecular complexity index is 422. The predicted molar refractivity (Wildman–Crippen MR) is 64.7 cm³/mol. The first-order valence-electron chi connectivity index (χ1n) is 5.77. The number of ether oxygens (including phenoxy) is 1. The van der Waals surface area contributed by atoms with E-state index in [1.165, 1.54) is 18.2 Å². The fourth-order valence-electron chi connectivity index (χ4n) is 1.43. The van der Waals surface area contributed by atoms with Crippen molar-refractivity contribution in [3.05, 3.63) is 24.3 Å². The van der Waals surface area contributed by atoms with Crippen LogP contribution in [0, 0.1) is 0 Å². The minimum absolute atomic E-state index is 0.00225. The van der Waals surface area contributed by atoms with E-state index in [-0.39, 0.29) is 18.0 Å². The van der Waals surface area contributed by atoms with Crippen LogP contribution >= 0.6 is 0 Å². The summed E-state index contributed by atoms with van der Waals surface area (Å²) in [5.41, 5.74) is 5.28. The van der Waals surface area contributed by atoms with Gasteiger partial charge in [-0.25, -0.2) is 0 Å². The molecule has 0 aliphatic carbocycles. The summed E-state index contributed by atoms with van der Waals surface area (Å²) in [6.07, 6.45) is -3.31. The number of benzene rings is 1. The molecule has 0 fully saturated rings. The lowest BCUT2D eigenvalue weighted by Crippen LogP contribution is -2.19. The fraction of sp³-hybridized carbons (Fsp3) is 0.417. The Kier molecular flexibility index (Phi) is 5.62. The number of carbonyl (C=O) groups excluding carboxylic acids is 1. The fourth-order valence-corrected chi connectivity index (χ4v) is 1.43. The largest absolute Gasteiger partial charge is 0.573 e. The van der Waals surface area contributed by atoms with Crippen molar-refractivity contribution in [1.29, 1.82) is 0 Å². The Balaban J connectivity index is 2.64. The zero-order valence-corrected chi connectivity index (χ0v) is 10.2. The second-order valence-electron chi connectivity index (χ2n) is 3.84. The van der Waals surface area contributed by atoms with Crippen LogP contribution in [0.1, 0.15) is 19.3 Å². The van der Waals surface area contributed by atoms with E-state index in [0.717, 1.165) is 6.07 Å². The van der Waals surface area contributed by atoms with Gasteiger partial charge in [-0.2, -0.15) is 0 Å². The topological polar surface area (TPSA) is 64.4 Å². The number of nitrogens with two attached hydrogens (primary N) is 1. The lowest BCUT2D eigenvalue weighted by atomic mass is 10.2. The first-order chi connectivity index (χ1) is 8.92. The normalized spacial score (nSPS) is 11.2. The molecule has 0 aromatic heterocycles. The number of para-hydroxylation sites is 2. The molecular weight excluding hydrogens is 261 g/mol. The molecule has 0 aliphatic heterocycles. The lowest BCUT2D eigenvalue weighted by Gasteiger charge is -2.13. The molecule has 0 spiro atoms. The number of halogens is 3. The first kappa shape index (κ1) is 15.3. The third kappa shape index (κ3) is 6.10. The maximum atomic E-state index is 12.2. The maximum Gasteiger partial charge on any atom is 0.573 e. The van der Waals surface area contributed by atoms with Crippen LogP contribution in [-0.4, -0.2) is 18.8 Å². The number of carbonyl (C=O) groups is 1. The number of nitrogens with one attached hydrogen (secondary N) is 1. The Morgan fingerprint density at radius 2 is 1.95 bits per heavy atom. The molecule has 1 amide bonds. The Labute approximate surface area is 108 Å². The molecule has 0 unspecified atom stereocenters. The van der Waals surface area contributed by atoms with Crippen molar-refractivity contribution in [1.82, 2.24) is 0 Å². The van der Waals surface area contributed by atoms with Crippen molar-refractivity contribution in [2.24, 2.45) is 5.73 Å². The molecule has 0 radical (unpaired) electrons. The van der Waals surface area contributed by atoms with Crippen LogP contribution in [0.3, 0.4) is 0 Å². The molecule has 1 rings (SSSR count). The van der Waals surface area contributed by atoms with Crippen molar-refractivity contribution in [3.63, 3.8) is 0 Å². The number of alkyl halides is 3. The summed E-state index contributed by atoms with van der Waals surface area (Å²) in [5.74, 6) is -0.797. The summed E-state index contributed by atoms with van der Waals surface area (Å²) in [5, 5.41) is 2.39. The standard InChI is InChI=1S/C12H15F3N2O2/c13-12(14,15)19-10-6-2-1-5-9(10)17-11(18)7-3-4-8-16/h1-2,5-6H,3-4,7-8,16H2,(H,17,18). The molecule has 0 aliphatic rings. The molecule has 19 heavy (non-hydrogen) atoms. The molecule has 106 valence electrons. The van der Waals surface area contributed by atoms with Gasteiger partial charge in [0.05, 0.1) is 5.69 Å². The van der Waals surface area contributed by atoms with Crippen LogP contribution in [-0.2, 0) is 4.79 Å². The Morgan fingerprint density at radius 1 is 1.26 bits per heavy atom. The van der Waals surface area contributed by atoms with Crippen molar-refractivity contribution < 1.29 is 22.7 Å². The van der Waals surface area contributed by atoms with E-state index in [1.807, 2.05) is 0 Å². The predicted octanol–water partition coefficient (Wildman–Crippen LogP) is 2.65. The van der Waals surface area contributed by atoms with E-state index in [2.05, 4.69) is 10.1 Å². The van der Waals surface area contributed by atoms with E-state index in [4.69, 9.17) is 5.73 Å². The molecule has 7 heteroatoms. The molecule has 0 saturated heterocycles. The quantitative estimate of drug-likeness (QED) is 0.785. The molecule has 1 aromatic carbocycles. The number of unbranched alkanes of at least 4 members (excludes halogenated alkanes) is 1. The smallest absolute Gasteiger partial charge is 0.404 e. The van der Waals surface area contributed by atoms with Crippen LogP contribution in [0.5, 0.6) is 5.75 Å². The summed E-state index contributed by atoms with van der Waals surface area (Å²) in [6.45, 7) is 0.473. The third-order valence-electron chi connectivity index (χ3n) is 2.24. The van der Waals surface area contributed by atoms with Crippen molar-refractivity contribution in [3.8, 4) is 5.75 Å². The molecule has 3 N–H and O–H groups in total. The van der Waals surface area contributed by atoms with Gasteiger partial charge in [0.1, 0.15) is 0 Å². The minimum atomic E-state index is -4.79. The van der Waals surface area contributed by atoms with Gasteiger partial charge >= 0.3 is 6.36 Å². The highest BCUT2D eigenvalue weighted by atomic mass is 19.4. The van der Waals surface area contributed by atoms with Gasteiger partial charge in [0.15, 0.2) is 5.75 Å².